The number of benzene rings is 1. The molecule has 0 amide bonds. The quantitative estimate of drug-likeness (QED) is 0.307. The van der Waals surface area contributed by atoms with Gasteiger partial charge in [0.2, 0.25) is 0 Å². The van der Waals surface area contributed by atoms with Crippen molar-refractivity contribution >= 4 is 44.7 Å². The molecular weight excluding hydrogens is 491 g/mol. The average Bonchev–Trinajstić information content (AvgIpc) is 3.30. The summed E-state index contributed by atoms with van der Waals surface area (Å²) >= 11 is 3.99. The molecule has 0 fully saturated rings. The Balaban J connectivity index is 1.53. The van der Waals surface area contributed by atoms with Gasteiger partial charge in [-0.2, -0.15) is 0 Å². The summed E-state index contributed by atoms with van der Waals surface area (Å²) in [5.41, 5.74) is 7.00. The minimum atomic E-state index is 0.163. The molecule has 0 aliphatic rings. The maximum Gasteiger partial charge on any atom is 0.183 e. The highest BCUT2D eigenvalue weighted by atomic mass is 127. The number of imidazole rings is 1. The number of fused-ring (bicyclic) bond motifs is 1. The van der Waals surface area contributed by atoms with Gasteiger partial charge in [-0.15, -0.1) is 11.3 Å². The third-order valence-corrected chi connectivity index (χ3v) is 6.50. The maximum atomic E-state index is 4.80. The molecule has 150 valence electrons. The van der Waals surface area contributed by atoms with Gasteiger partial charge in [0.25, 0.3) is 0 Å². The Kier molecular flexibility index (Phi) is 5.66. The Labute approximate surface area is 189 Å². The minimum absolute atomic E-state index is 0.163. The maximum absolute atomic E-state index is 4.80. The second-order valence-electron chi connectivity index (χ2n) is 8.15. The fourth-order valence-electron chi connectivity index (χ4n) is 3.37. The van der Waals surface area contributed by atoms with E-state index >= 15 is 0 Å². The Morgan fingerprint density at radius 1 is 1.07 bits per heavy atom. The summed E-state index contributed by atoms with van der Waals surface area (Å²) in [6.07, 6.45) is 3.06. The zero-order valence-electron chi connectivity index (χ0n) is 17.2. The summed E-state index contributed by atoms with van der Waals surface area (Å²) < 4.78 is 3.39. The van der Waals surface area contributed by atoms with E-state index in [2.05, 4.69) is 108 Å². The molecule has 0 aliphatic carbocycles. The molecule has 0 radical (unpaired) electrons. The molecule has 3 heterocycles. The lowest BCUT2D eigenvalue weighted by Crippen LogP contribution is -2.10. The smallest absolute Gasteiger partial charge is 0.183 e. The number of hydrogen-bond acceptors (Lipinski definition) is 4. The molecule has 0 aliphatic heterocycles. The van der Waals surface area contributed by atoms with Crippen LogP contribution >= 0.6 is 33.9 Å². The highest BCUT2D eigenvalue weighted by Gasteiger charge is 2.14. The van der Waals surface area contributed by atoms with Crippen LogP contribution in [0.2, 0.25) is 0 Å². The van der Waals surface area contributed by atoms with Crippen molar-refractivity contribution in [2.24, 2.45) is 0 Å². The molecule has 0 unspecified atom stereocenters. The van der Waals surface area contributed by atoms with Gasteiger partial charge in [-0.1, -0.05) is 52.0 Å². The summed E-state index contributed by atoms with van der Waals surface area (Å²) in [5.74, 6) is 0. The van der Waals surface area contributed by atoms with Crippen molar-refractivity contribution in [1.82, 2.24) is 14.4 Å². The third-order valence-electron chi connectivity index (χ3n) is 5.06. The van der Waals surface area contributed by atoms with Crippen LogP contribution in [-0.2, 0) is 18.4 Å². The normalized spacial score (nSPS) is 11.9. The van der Waals surface area contributed by atoms with E-state index in [1.807, 2.05) is 0 Å². The number of aryl methyl sites for hydroxylation is 1. The highest BCUT2D eigenvalue weighted by Crippen LogP contribution is 2.29. The van der Waals surface area contributed by atoms with Crippen molar-refractivity contribution in [2.75, 3.05) is 5.32 Å². The molecule has 29 heavy (non-hydrogen) atoms. The van der Waals surface area contributed by atoms with Crippen LogP contribution in [0, 0.1) is 3.57 Å². The number of thiazole rings is 1. The number of anilines is 1. The van der Waals surface area contributed by atoms with E-state index < -0.39 is 0 Å². The Bertz CT molecular complexity index is 1140. The van der Waals surface area contributed by atoms with Gasteiger partial charge in [0, 0.05) is 20.7 Å². The zero-order chi connectivity index (χ0) is 20.6. The van der Waals surface area contributed by atoms with Crippen LogP contribution in [0.1, 0.15) is 44.6 Å². The van der Waals surface area contributed by atoms with Crippen LogP contribution in [0.15, 0.2) is 48.0 Å². The van der Waals surface area contributed by atoms with Crippen LogP contribution in [0.4, 0.5) is 5.13 Å². The van der Waals surface area contributed by atoms with Crippen molar-refractivity contribution in [1.29, 1.82) is 0 Å². The summed E-state index contributed by atoms with van der Waals surface area (Å²) in [6.45, 7) is 9.56. The lowest BCUT2D eigenvalue weighted by Gasteiger charge is -2.18. The van der Waals surface area contributed by atoms with E-state index in [1.165, 1.54) is 14.8 Å². The van der Waals surface area contributed by atoms with E-state index in [4.69, 9.17) is 9.97 Å². The first-order valence-corrected chi connectivity index (χ1v) is 11.8. The number of halogens is 1. The molecule has 3 aromatic heterocycles. The summed E-state index contributed by atoms with van der Waals surface area (Å²) in [4.78, 5) is 9.57. The zero-order valence-corrected chi connectivity index (χ0v) is 20.1. The van der Waals surface area contributed by atoms with Gasteiger partial charge in [-0.25, -0.2) is 9.97 Å². The van der Waals surface area contributed by atoms with E-state index in [1.54, 1.807) is 11.3 Å². The fourth-order valence-corrected chi connectivity index (χ4v) is 4.55. The predicted octanol–water partition coefficient (Wildman–Crippen LogP) is 6.53. The first-order valence-electron chi connectivity index (χ1n) is 9.81. The largest absolute Gasteiger partial charge is 0.356 e. The van der Waals surface area contributed by atoms with Crippen LogP contribution in [-0.4, -0.2) is 14.4 Å². The van der Waals surface area contributed by atoms with Crippen LogP contribution in [0.3, 0.4) is 0 Å². The molecule has 0 bridgehead atoms. The monoisotopic (exact) mass is 516 g/mol. The third kappa shape index (κ3) is 4.33. The Hall–Kier alpha value is -1.93. The molecule has 0 atom stereocenters. The molecule has 4 nitrogen and oxygen atoms in total. The van der Waals surface area contributed by atoms with Gasteiger partial charge in [0.1, 0.15) is 5.65 Å². The molecular formula is C23H25IN4S. The number of nitrogens with zero attached hydrogens (tertiary/aromatic N) is 3. The number of rotatable bonds is 5. The number of aromatic nitrogens is 3. The van der Waals surface area contributed by atoms with Crippen LogP contribution in [0.25, 0.3) is 16.9 Å². The molecule has 0 spiro atoms. The fraction of sp³-hybridized carbons (Fsp3) is 0.304. The predicted molar refractivity (Wildman–Crippen MR) is 131 cm³/mol. The summed E-state index contributed by atoms with van der Waals surface area (Å²) in [7, 11) is 0. The molecule has 1 N–H and O–H groups in total. The van der Waals surface area contributed by atoms with Gasteiger partial charge in [0.15, 0.2) is 5.13 Å². The van der Waals surface area contributed by atoms with Crippen molar-refractivity contribution in [2.45, 2.75) is 46.1 Å². The summed E-state index contributed by atoms with van der Waals surface area (Å²) in [5, 5.41) is 6.55. The van der Waals surface area contributed by atoms with E-state index in [0.29, 0.717) is 6.54 Å². The number of pyridine rings is 1. The topological polar surface area (TPSA) is 42.2 Å². The molecule has 1 aromatic carbocycles. The molecule has 0 saturated heterocycles. The van der Waals surface area contributed by atoms with Crippen molar-refractivity contribution in [3.63, 3.8) is 0 Å². The van der Waals surface area contributed by atoms with Crippen molar-refractivity contribution in [3.8, 4) is 11.3 Å². The average molecular weight is 516 g/mol. The lowest BCUT2D eigenvalue weighted by molar-refractivity contribution is 0.590. The standard InChI is InChI=1S/C23H25IN4S/c1-5-18-20(28-13-17(24)10-11-21(28)26-18)12-25-22-27-19(14-29-22)15-6-8-16(9-7-15)23(2,3)4/h6-11,13-14H,5,12H2,1-4H3,(H,25,27). The van der Waals surface area contributed by atoms with E-state index in [9.17, 15) is 0 Å². The molecule has 4 rings (SSSR count). The molecule has 6 heteroatoms. The van der Waals surface area contributed by atoms with Crippen LogP contribution in [0.5, 0.6) is 0 Å². The number of hydrogen-bond donors (Lipinski definition) is 1. The van der Waals surface area contributed by atoms with Gasteiger partial charge < -0.3 is 9.72 Å². The van der Waals surface area contributed by atoms with E-state index in [0.717, 1.165) is 34.2 Å². The highest BCUT2D eigenvalue weighted by molar-refractivity contribution is 14.1. The first kappa shape index (κ1) is 20.3. The van der Waals surface area contributed by atoms with Gasteiger partial charge in [0.05, 0.1) is 23.6 Å². The second kappa shape index (κ2) is 8.07. The lowest BCUT2D eigenvalue weighted by atomic mass is 9.86. The molecule has 4 aromatic rings. The van der Waals surface area contributed by atoms with Crippen molar-refractivity contribution < 1.29 is 0 Å². The Morgan fingerprint density at radius 2 is 1.83 bits per heavy atom. The van der Waals surface area contributed by atoms with Gasteiger partial charge in [-0.05, 0) is 52.1 Å². The van der Waals surface area contributed by atoms with Gasteiger partial charge >= 0.3 is 0 Å². The van der Waals surface area contributed by atoms with Gasteiger partial charge in [-0.3, -0.25) is 0 Å². The second-order valence-corrected chi connectivity index (χ2v) is 10.3. The number of nitrogens with one attached hydrogen (secondary N) is 1. The van der Waals surface area contributed by atoms with E-state index in [-0.39, 0.29) is 5.41 Å². The Morgan fingerprint density at radius 3 is 2.52 bits per heavy atom. The summed E-state index contributed by atoms with van der Waals surface area (Å²) in [6, 6.07) is 12.9. The minimum Gasteiger partial charge on any atom is -0.356 e. The molecule has 0 saturated carbocycles. The van der Waals surface area contributed by atoms with Crippen molar-refractivity contribution in [3.05, 3.63) is 68.5 Å². The first-order chi connectivity index (χ1) is 13.8. The SMILES string of the molecule is CCc1nc2ccc(I)cn2c1CNc1nc(-c2ccc(C(C)(C)C)cc2)cs1. The van der Waals surface area contributed by atoms with Crippen LogP contribution < -0.4 is 5.32 Å².